The van der Waals surface area contributed by atoms with Crippen molar-refractivity contribution in [3.05, 3.63) is 0 Å². The first-order chi connectivity index (χ1) is 11.6. The SMILES string of the molecule is COC(=O)C1CCCC(CC(CSC(C)=O)NC(=O)OC(C)(C)C)C1. The molecule has 3 unspecified atom stereocenters. The number of nitrogens with one attached hydrogen (secondary N) is 1. The van der Waals surface area contributed by atoms with Crippen molar-refractivity contribution in [3.63, 3.8) is 0 Å². The molecule has 1 aliphatic rings. The van der Waals surface area contributed by atoms with E-state index in [2.05, 4.69) is 5.32 Å². The number of rotatable bonds is 6. The van der Waals surface area contributed by atoms with E-state index in [1.807, 2.05) is 20.8 Å². The number of carbonyl (C=O) groups is 3. The average Bonchev–Trinajstić information content (AvgIpc) is 2.50. The predicted molar refractivity (Wildman–Crippen MR) is 98.4 cm³/mol. The lowest BCUT2D eigenvalue weighted by Crippen LogP contribution is -2.42. The molecule has 0 bridgehead atoms. The number of ether oxygens (including phenoxy) is 2. The fraction of sp³-hybridized carbons (Fsp3) is 0.833. The summed E-state index contributed by atoms with van der Waals surface area (Å²) in [6.07, 6.45) is 3.88. The van der Waals surface area contributed by atoms with E-state index < -0.39 is 11.7 Å². The molecule has 0 aromatic rings. The molecule has 1 N–H and O–H groups in total. The highest BCUT2D eigenvalue weighted by atomic mass is 32.2. The number of carbonyl (C=O) groups excluding carboxylic acids is 3. The summed E-state index contributed by atoms with van der Waals surface area (Å²) in [5.41, 5.74) is -0.566. The third-order valence-electron chi connectivity index (χ3n) is 4.14. The van der Waals surface area contributed by atoms with Gasteiger partial charge in [-0.25, -0.2) is 4.79 Å². The van der Waals surface area contributed by atoms with Crippen molar-refractivity contribution < 1.29 is 23.9 Å². The molecule has 25 heavy (non-hydrogen) atoms. The molecular weight excluding hydrogens is 342 g/mol. The van der Waals surface area contributed by atoms with Crippen LogP contribution in [0.15, 0.2) is 0 Å². The number of hydrogen-bond acceptors (Lipinski definition) is 6. The molecule has 3 atom stereocenters. The van der Waals surface area contributed by atoms with Gasteiger partial charge in [-0.2, -0.15) is 0 Å². The molecule has 1 aliphatic carbocycles. The summed E-state index contributed by atoms with van der Waals surface area (Å²) >= 11 is 1.20. The predicted octanol–water partition coefficient (Wildman–Crippen LogP) is 3.53. The lowest BCUT2D eigenvalue weighted by atomic mass is 9.78. The van der Waals surface area contributed by atoms with Crippen molar-refractivity contribution in [2.45, 2.75) is 71.4 Å². The minimum absolute atomic E-state index is 0.0204. The Morgan fingerprint density at radius 3 is 2.48 bits per heavy atom. The van der Waals surface area contributed by atoms with Crippen molar-refractivity contribution in [1.82, 2.24) is 5.32 Å². The quantitative estimate of drug-likeness (QED) is 0.717. The van der Waals surface area contributed by atoms with E-state index in [-0.39, 0.29) is 23.0 Å². The zero-order valence-electron chi connectivity index (χ0n) is 15.9. The van der Waals surface area contributed by atoms with Crippen molar-refractivity contribution in [1.29, 1.82) is 0 Å². The Bertz CT molecular complexity index is 475. The molecular formula is C18H31NO5S. The van der Waals surface area contributed by atoms with Gasteiger partial charge in [0.25, 0.3) is 0 Å². The van der Waals surface area contributed by atoms with Gasteiger partial charge < -0.3 is 14.8 Å². The molecule has 1 saturated carbocycles. The Morgan fingerprint density at radius 1 is 1.24 bits per heavy atom. The Labute approximate surface area is 154 Å². The minimum atomic E-state index is -0.566. The van der Waals surface area contributed by atoms with Crippen molar-refractivity contribution in [2.24, 2.45) is 11.8 Å². The van der Waals surface area contributed by atoms with Crippen LogP contribution in [0.2, 0.25) is 0 Å². The van der Waals surface area contributed by atoms with Gasteiger partial charge in [-0.05, 0) is 46.0 Å². The van der Waals surface area contributed by atoms with Crippen LogP contribution in [0, 0.1) is 11.8 Å². The van der Waals surface area contributed by atoms with E-state index in [0.717, 1.165) is 32.1 Å². The summed E-state index contributed by atoms with van der Waals surface area (Å²) in [6, 6.07) is -0.162. The van der Waals surface area contributed by atoms with Gasteiger partial charge in [-0.3, -0.25) is 9.59 Å². The van der Waals surface area contributed by atoms with E-state index in [1.54, 1.807) is 0 Å². The second-order valence-corrected chi connectivity index (χ2v) is 8.83. The van der Waals surface area contributed by atoms with Gasteiger partial charge in [0.15, 0.2) is 5.12 Å². The normalized spacial score (nSPS) is 22.0. The van der Waals surface area contributed by atoms with E-state index in [0.29, 0.717) is 11.7 Å². The molecule has 0 heterocycles. The number of hydrogen-bond donors (Lipinski definition) is 1. The zero-order valence-corrected chi connectivity index (χ0v) is 16.7. The Morgan fingerprint density at radius 2 is 1.92 bits per heavy atom. The largest absolute Gasteiger partial charge is 0.469 e. The van der Waals surface area contributed by atoms with Gasteiger partial charge in [-0.1, -0.05) is 24.6 Å². The fourth-order valence-corrected chi connectivity index (χ4v) is 3.80. The monoisotopic (exact) mass is 373 g/mol. The molecule has 0 saturated heterocycles. The van der Waals surface area contributed by atoms with Crippen LogP contribution < -0.4 is 5.32 Å². The molecule has 0 aromatic heterocycles. The standard InChI is InChI=1S/C18H31NO5S/c1-12(20)25-11-15(19-17(22)24-18(2,3)4)10-13-7-6-8-14(9-13)16(21)23-5/h13-15H,6-11H2,1-5H3,(H,19,22). The van der Waals surface area contributed by atoms with Crippen LogP contribution in [0.1, 0.15) is 59.8 Å². The van der Waals surface area contributed by atoms with Gasteiger partial charge in [0.1, 0.15) is 5.60 Å². The molecule has 0 spiro atoms. The first-order valence-corrected chi connectivity index (χ1v) is 9.80. The summed E-state index contributed by atoms with van der Waals surface area (Å²) in [7, 11) is 1.42. The van der Waals surface area contributed by atoms with Crippen molar-refractivity contribution >= 4 is 28.9 Å². The number of alkyl carbamates (subject to hydrolysis) is 1. The maximum Gasteiger partial charge on any atom is 0.407 e. The molecule has 0 aliphatic heterocycles. The highest BCUT2D eigenvalue weighted by molar-refractivity contribution is 8.13. The summed E-state index contributed by atoms with van der Waals surface area (Å²) < 4.78 is 10.2. The number of thioether (sulfide) groups is 1. The summed E-state index contributed by atoms with van der Waals surface area (Å²) in [5.74, 6) is 0.615. The van der Waals surface area contributed by atoms with Gasteiger partial charge in [0, 0.05) is 18.7 Å². The molecule has 1 rings (SSSR count). The van der Waals surface area contributed by atoms with Crippen molar-refractivity contribution in [2.75, 3.05) is 12.9 Å². The molecule has 7 heteroatoms. The number of esters is 1. The van der Waals surface area contributed by atoms with Crippen LogP contribution in [0.4, 0.5) is 4.79 Å². The molecule has 144 valence electrons. The second kappa shape index (κ2) is 10.0. The first-order valence-electron chi connectivity index (χ1n) is 8.81. The van der Waals surface area contributed by atoms with Gasteiger partial charge in [0.05, 0.1) is 13.0 Å². The Kier molecular flexibility index (Phi) is 8.76. The molecule has 1 amide bonds. The second-order valence-electron chi connectivity index (χ2n) is 7.63. The fourth-order valence-electron chi connectivity index (χ4n) is 3.15. The van der Waals surface area contributed by atoms with Gasteiger partial charge >= 0.3 is 12.1 Å². The molecule has 1 fully saturated rings. The molecule has 0 aromatic carbocycles. The smallest absolute Gasteiger partial charge is 0.407 e. The van der Waals surface area contributed by atoms with Crippen LogP contribution in [0.25, 0.3) is 0 Å². The highest BCUT2D eigenvalue weighted by Crippen LogP contribution is 2.33. The highest BCUT2D eigenvalue weighted by Gasteiger charge is 2.30. The Balaban J connectivity index is 2.64. The van der Waals surface area contributed by atoms with Crippen LogP contribution in [0.5, 0.6) is 0 Å². The maximum absolute atomic E-state index is 12.1. The number of methoxy groups -OCH3 is 1. The van der Waals surface area contributed by atoms with Crippen LogP contribution in [-0.2, 0) is 19.1 Å². The first kappa shape index (κ1) is 21.8. The zero-order chi connectivity index (χ0) is 19.0. The van der Waals surface area contributed by atoms with E-state index in [9.17, 15) is 14.4 Å². The summed E-state index contributed by atoms with van der Waals surface area (Å²) in [6.45, 7) is 6.96. The van der Waals surface area contributed by atoms with Gasteiger partial charge in [-0.15, -0.1) is 0 Å². The van der Waals surface area contributed by atoms with Crippen LogP contribution in [0.3, 0.4) is 0 Å². The Hall–Kier alpha value is -1.24. The molecule has 0 radical (unpaired) electrons. The lowest BCUT2D eigenvalue weighted by molar-refractivity contribution is -0.147. The lowest BCUT2D eigenvalue weighted by Gasteiger charge is -2.31. The topological polar surface area (TPSA) is 81.7 Å². The minimum Gasteiger partial charge on any atom is -0.469 e. The van der Waals surface area contributed by atoms with E-state index in [4.69, 9.17) is 9.47 Å². The van der Waals surface area contributed by atoms with E-state index >= 15 is 0 Å². The van der Waals surface area contributed by atoms with E-state index in [1.165, 1.54) is 25.8 Å². The number of amides is 1. The summed E-state index contributed by atoms with van der Waals surface area (Å²) in [4.78, 5) is 35.2. The van der Waals surface area contributed by atoms with Crippen molar-refractivity contribution in [3.8, 4) is 0 Å². The third kappa shape index (κ3) is 9.14. The summed E-state index contributed by atoms with van der Waals surface area (Å²) in [5, 5.41) is 2.90. The van der Waals surface area contributed by atoms with Gasteiger partial charge in [0.2, 0.25) is 0 Å². The average molecular weight is 374 g/mol. The maximum atomic E-state index is 12.1. The molecule has 6 nitrogen and oxygen atoms in total. The third-order valence-corrected chi connectivity index (χ3v) is 5.12. The van der Waals surface area contributed by atoms with Crippen LogP contribution in [-0.4, -0.2) is 41.7 Å². The van der Waals surface area contributed by atoms with Crippen LogP contribution >= 0.6 is 11.8 Å².